The predicted octanol–water partition coefficient (Wildman–Crippen LogP) is 3.95. The Morgan fingerprint density at radius 1 is 1.33 bits per heavy atom. The molecule has 0 spiro atoms. The molecule has 0 N–H and O–H groups in total. The molecule has 0 aliphatic rings. The fourth-order valence-electron chi connectivity index (χ4n) is 1.71. The van der Waals surface area contributed by atoms with Gasteiger partial charge in [-0.1, -0.05) is 24.3 Å². The number of carbonyl (C=O) groups excluding carboxylic acids is 1. The Balaban J connectivity index is 1.90. The molecule has 94 valence electrons. The summed E-state index contributed by atoms with van der Waals surface area (Å²) in [5.41, 5.74) is 0.705. The second-order valence-electron chi connectivity index (χ2n) is 4.07. The first-order chi connectivity index (χ1) is 8.81. The van der Waals surface area contributed by atoms with E-state index in [9.17, 15) is 4.79 Å². The van der Waals surface area contributed by atoms with Crippen molar-refractivity contribution in [2.24, 2.45) is 0 Å². The number of allylic oxidation sites excluding steroid dienone is 1. The molecule has 0 amide bonds. The SMILES string of the molecule is C=CCCCCOC(=O)c1cc2ccccc2o1. The topological polar surface area (TPSA) is 39.4 Å². The van der Waals surface area contributed by atoms with Crippen molar-refractivity contribution in [3.8, 4) is 0 Å². The molecule has 1 aromatic heterocycles. The third-order valence-corrected chi connectivity index (χ3v) is 2.66. The molecule has 0 saturated carbocycles. The number of unbranched alkanes of at least 4 members (excludes halogenated alkanes) is 2. The number of esters is 1. The molecule has 1 heterocycles. The average molecular weight is 244 g/mol. The summed E-state index contributed by atoms with van der Waals surface area (Å²) in [5, 5.41) is 0.913. The summed E-state index contributed by atoms with van der Waals surface area (Å²) in [6, 6.07) is 9.22. The molecule has 0 unspecified atom stereocenters. The Bertz CT molecular complexity index is 506. The summed E-state index contributed by atoms with van der Waals surface area (Å²) in [6.45, 7) is 4.06. The van der Waals surface area contributed by atoms with Gasteiger partial charge in [-0.3, -0.25) is 0 Å². The van der Waals surface area contributed by atoms with E-state index in [2.05, 4.69) is 6.58 Å². The Morgan fingerprint density at radius 2 is 2.17 bits per heavy atom. The molecular formula is C15H16O3. The molecule has 2 rings (SSSR count). The summed E-state index contributed by atoms with van der Waals surface area (Å²) in [7, 11) is 0. The van der Waals surface area contributed by atoms with Crippen LogP contribution in [-0.2, 0) is 4.74 Å². The van der Waals surface area contributed by atoms with Crippen molar-refractivity contribution in [3.63, 3.8) is 0 Å². The monoisotopic (exact) mass is 244 g/mol. The number of furan rings is 1. The van der Waals surface area contributed by atoms with E-state index >= 15 is 0 Å². The van der Waals surface area contributed by atoms with Crippen molar-refractivity contribution in [2.45, 2.75) is 19.3 Å². The van der Waals surface area contributed by atoms with Gasteiger partial charge in [-0.15, -0.1) is 6.58 Å². The summed E-state index contributed by atoms with van der Waals surface area (Å²) >= 11 is 0. The molecule has 18 heavy (non-hydrogen) atoms. The summed E-state index contributed by atoms with van der Waals surface area (Å²) in [5.74, 6) is -0.135. The first kappa shape index (κ1) is 12.4. The number of carbonyl (C=O) groups is 1. The third-order valence-electron chi connectivity index (χ3n) is 2.66. The van der Waals surface area contributed by atoms with Crippen LogP contribution in [0.1, 0.15) is 29.8 Å². The molecule has 3 nitrogen and oxygen atoms in total. The summed E-state index contributed by atoms with van der Waals surface area (Å²) in [4.78, 5) is 11.7. The molecule has 1 aromatic carbocycles. The number of para-hydroxylation sites is 1. The van der Waals surface area contributed by atoms with E-state index in [4.69, 9.17) is 9.15 Å². The van der Waals surface area contributed by atoms with E-state index in [1.54, 1.807) is 6.07 Å². The number of hydrogen-bond donors (Lipinski definition) is 0. The second kappa shape index (κ2) is 6.05. The number of rotatable bonds is 6. The molecule has 0 aliphatic heterocycles. The molecular weight excluding hydrogens is 228 g/mol. The normalized spacial score (nSPS) is 10.4. The van der Waals surface area contributed by atoms with Crippen LogP contribution in [0.5, 0.6) is 0 Å². The van der Waals surface area contributed by atoms with Crippen LogP contribution in [0.25, 0.3) is 11.0 Å². The first-order valence-electron chi connectivity index (χ1n) is 6.08. The molecule has 0 atom stereocenters. The van der Waals surface area contributed by atoms with E-state index in [1.165, 1.54) is 0 Å². The van der Waals surface area contributed by atoms with Crippen molar-refractivity contribution >= 4 is 16.9 Å². The van der Waals surface area contributed by atoms with Gasteiger partial charge in [0.2, 0.25) is 5.76 Å². The standard InChI is InChI=1S/C15H16O3/c1-2-3-4-7-10-17-15(16)14-11-12-8-5-6-9-13(12)18-14/h2,5-6,8-9,11H,1,3-4,7,10H2. The summed E-state index contributed by atoms with van der Waals surface area (Å²) in [6.07, 6.45) is 4.64. The molecule has 0 saturated heterocycles. The minimum atomic E-state index is -0.398. The maximum atomic E-state index is 11.7. The zero-order valence-corrected chi connectivity index (χ0v) is 10.2. The highest BCUT2D eigenvalue weighted by atomic mass is 16.5. The van der Waals surface area contributed by atoms with E-state index in [0.29, 0.717) is 12.2 Å². The van der Waals surface area contributed by atoms with Crippen LogP contribution in [-0.4, -0.2) is 12.6 Å². The second-order valence-corrected chi connectivity index (χ2v) is 4.07. The Hall–Kier alpha value is -2.03. The van der Waals surface area contributed by atoms with Gasteiger partial charge in [0, 0.05) is 5.39 Å². The highest BCUT2D eigenvalue weighted by Crippen LogP contribution is 2.19. The van der Waals surface area contributed by atoms with Crippen molar-refractivity contribution in [1.82, 2.24) is 0 Å². The Kier molecular flexibility index (Phi) is 4.18. The molecule has 0 aliphatic carbocycles. The van der Waals surface area contributed by atoms with E-state index in [-0.39, 0.29) is 5.76 Å². The fraction of sp³-hybridized carbons (Fsp3) is 0.267. The minimum absolute atomic E-state index is 0.264. The lowest BCUT2D eigenvalue weighted by atomic mass is 10.2. The predicted molar refractivity (Wildman–Crippen MR) is 70.5 cm³/mol. The third kappa shape index (κ3) is 3.00. The quantitative estimate of drug-likeness (QED) is 0.439. The van der Waals surface area contributed by atoms with Gasteiger partial charge in [0.15, 0.2) is 0 Å². The largest absolute Gasteiger partial charge is 0.460 e. The van der Waals surface area contributed by atoms with Crippen LogP contribution < -0.4 is 0 Å². The molecule has 0 radical (unpaired) electrons. The average Bonchev–Trinajstić information content (AvgIpc) is 2.82. The molecule has 0 bridgehead atoms. The lowest BCUT2D eigenvalue weighted by Crippen LogP contribution is -2.05. The van der Waals surface area contributed by atoms with Crippen molar-refractivity contribution in [2.75, 3.05) is 6.61 Å². The van der Waals surface area contributed by atoms with Crippen LogP contribution >= 0.6 is 0 Å². The number of hydrogen-bond acceptors (Lipinski definition) is 3. The van der Waals surface area contributed by atoms with Crippen LogP contribution in [0.15, 0.2) is 47.4 Å². The molecule has 3 heteroatoms. The zero-order chi connectivity index (χ0) is 12.8. The maximum Gasteiger partial charge on any atom is 0.374 e. The van der Waals surface area contributed by atoms with Gasteiger partial charge in [-0.05, 0) is 31.4 Å². The molecule has 0 fully saturated rings. The number of ether oxygens (including phenoxy) is 1. The Labute approximate surface area is 106 Å². The minimum Gasteiger partial charge on any atom is -0.460 e. The van der Waals surface area contributed by atoms with Crippen molar-refractivity contribution in [1.29, 1.82) is 0 Å². The zero-order valence-electron chi connectivity index (χ0n) is 10.2. The van der Waals surface area contributed by atoms with Crippen molar-refractivity contribution in [3.05, 3.63) is 48.7 Å². The van der Waals surface area contributed by atoms with E-state index in [0.717, 1.165) is 24.6 Å². The number of fused-ring (bicyclic) bond motifs is 1. The lowest BCUT2D eigenvalue weighted by Gasteiger charge is -2.01. The van der Waals surface area contributed by atoms with Crippen LogP contribution in [0.2, 0.25) is 0 Å². The smallest absolute Gasteiger partial charge is 0.374 e. The van der Waals surface area contributed by atoms with Crippen molar-refractivity contribution < 1.29 is 13.9 Å². The summed E-state index contributed by atoms with van der Waals surface area (Å²) < 4.78 is 10.6. The fourth-order valence-corrected chi connectivity index (χ4v) is 1.71. The van der Waals surface area contributed by atoms with Gasteiger partial charge >= 0.3 is 5.97 Å². The lowest BCUT2D eigenvalue weighted by molar-refractivity contribution is 0.0465. The highest BCUT2D eigenvalue weighted by Gasteiger charge is 2.12. The maximum absolute atomic E-state index is 11.7. The number of benzene rings is 1. The first-order valence-corrected chi connectivity index (χ1v) is 6.08. The Morgan fingerprint density at radius 3 is 2.94 bits per heavy atom. The van der Waals surface area contributed by atoms with Gasteiger partial charge < -0.3 is 9.15 Å². The van der Waals surface area contributed by atoms with E-state index in [1.807, 2.05) is 30.3 Å². The van der Waals surface area contributed by atoms with Gasteiger partial charge in [-0.25, -0.2) is 4.79 Å². The van der Waals surface area contributed by atoms with Gasteiger partial charge in [0.25, 0.3) is 0 Å². The van der Waals surface area contributed by atoms with E-state index < -0.39 is 5.97 Å². The highest BCUT2D eigenvalue weighted by molar-refractivity contribution is 5.92. The van der Waals surface area contributed by atoms with Crippen LogP contribution in [0.4, 0.5) is 0 Å². The van der Waals surface area contributed by atoms with Crippen LogP contribution in [0.3, 0.4) is 0 Å². The van der Waals surface area contributed by atoms with Gasteiger partial charge in [0.05, 0.1) is 6.61 Å². The molecule has 2 aromatic rings. The van der Waals surface area contributed by atoms with Gasteiger partial charge in [0.1, 0.15) is 5.58 Å². The van der Waals surface area contributed by atoms with Gasteiger partial charge in [-0.2, -0.15) is 0 Å². The van der Waals surface area contributed by atoms with Crippen LogP contribution in [0, 0.1) is 0 Å².